The quantitative estimate of drug-likeness (QED) is 0.878. The maximum absolute atomic E-state index is 3.59. The Labute approximate surface area is 130 Å². The first-order valence-corrected chi connectivity index (χ1v) is 8.54. The molecule has 1 aromatic carbocycles. The molecular weight excluding hydrogens is 256 g/mol. The zero-order valence-corrected chi connectivity index (χ0v) is 14.3. The lowest BCUT2D eigenvalue weighted by Gasteiger charge is -2.47. The monoisotopic (exact) mass is 288 g/mol. The van der Waals surface area contributed by atoms with E-state index in [4.69, 9.17) is 0 Å². The summed E-state index contributed by atoms with van der Waals surface area (Å²) in [5, 5.41) is 3.59. The van der Waals surface area contributed by atoms with Crippen LogP contribution in [-0.2, 0) is 0 Å². The Balaban J connectivity index is 2.28. The number of likely N-dealkylation sites (N-methyl/N-ethyl adjacent to an activating group) is 1. The molecule has 4 atom stereocenters. The van der Waals surface area contributed by atoms with Crippen LogP contribution >= 0.6 is 0 Å². The Hall–Kier alpha value is -0.860. The summed E-state index contributed by atoms with van der Waals surface area (Å²) in [6, 6.07) is 12.5. The van der Waals surface area contributed by atoms with Crippen molar-refractivity contribution >= 4 is 0 Å². The summed E-state index contributed by atoms with van der Waals surface area (Å²) in [6.45, 7) is 10.8. The number of hydrogen-bond donors (Lipinski definition) is 1. The minimum absolute atomic E-state index is 0.402. The fourth-order valence-corrected chi connectivity index (χ4v) is 3.94. The smallest absolute Gasteiger partial charge is 0.0478 e. The summed E-state index contributed by atoms with van der Waals surface area (Å²) in [5.41, 5.74) is 1.41. The van der Waals surface area contributed by atoms with Crippen molar-refractivity contribution in [3.8, 4) is 0 Å². The van der Waals surface area contributed by atoms with Gasteiger partial charge in [0.05, 0.1) is 0 Å². The molecule has 0 spiro atoms. The first kappa shape index (κ1) is 16.5. The fraction of sp³-hybridized carbons (Fsp3) is 0.684. The van der Waals surface area contributed by atoms with E-state index in [-0.39, 0.29) is 0 Å². The second-order valence-corrected chi connectivity index (χ2v) is 7.01. The SMILES string of the molecule is CNC(c1ccccc1)C(C(C)C)N1CCCC(C)C1C. The molecule has 118 valence electrons. The molecule has 2 rings (SSSR count). The van der Waals surface area contributed by atoms with Crippen molar-refractivity contribution < 1.29 is 0 Å². The van der Waals surface area contributed by atoms with Gasteiger partial charge in [0.25, 0.3) is 0 Å². The van der Waals surface area contributed by atoms with Crippen LogP contribution in [0.25, 0.3) is 0 Å². The Morgan fingerprint density at radius 2 is 1.81 bits per heavy atom. The van der Waals surface area contributed by atoms with E-state index >= 15 is 0 Å². The molecule has 0 aliphatic carbocycles. The van der Waals surface area contributed by atoms with Gasteiger partial charge < -0.3 is 5.32 Å². The van der Waals surface area contributed by atoms with Crippen LogP contribution in [0.2, 0.25) is 0 Å². The second-order valence-electron chi connectivity index (χ2n) is 7.01. The average Bonchev–Trinajstić information content (AvgIpc) is 2.48. The van der Waals surface area contributed by atoms with Gasteiger partial charge in [0, 0.05) is 18.1 Å². The topological polar surface area (TPSA) is 15.3 Å². The highest BCUT2D eigenvalue weighted by Gasteiger charge is 2.36. The van der Waals surface area contributed by atoms with E-state index in [1.54, 1.807) is 0 Å². The molecule has 0 amide bonds. The zero-order chi connectivity index (χ0) is 15.4. The molecule has 1 aliphatic heterocycles. The number of nitrogens with one attached hydrogen (secondary N) is 1. The predicted molar refractivity (Wildman–Crippen MR) is 91.4 cm³/mol. The number of rotatable bonds is 5. The van der Waals surface area contributed by atoms with Crippen LogP contribution in [-0.4, -0.2) is 30.6 Å². The average molecular weight is 288 g/mol. The van der Waals surface area contributed by atoms with Gasteiger partial charge in [0.1, 0.15) is 0 Å². The molecule has 2 nitrogen and oxygen atoms in total. The Morgan fingerprint density at radius 1 is 1.14 bits per heavy atom. The molecule has 21 heavy (non-hydrogen) atoms. The third kappa shape index (κ3) is 3.67. The van der Waals surface area contributed by atoms with E-state index in [1.807, 2.05) is 0 Å². The van der Waals surface area contributed by atoms with E-state index in [1.165, 1.54) is 24.9 Å². The van der Waals surface area contributed by atoms with Crippen LogP contribution in [0.15, 0.2) is 30.3 Å². The lowest BCUT2D eigenvalue weighted by molar-refractivity contribution is 0.0283. The van der Waals surface area contributed by atoms with Crippen molar-refractivity contribution in [2.45, 2.75) is 58.7 Å². The maximum Gasteiger partial charge on any atom is 0.0478 e. The van der Waals surface area contributed by atoms with Crippen molar-refractivity contribution in [2.75, 3.05) is 13.6 Å². The number of likely N-dealkylation sites (tertiary alicyclic amines) is 1. The van der Waals surface area contributed by atoms with E-state index in [2.05, 4.69) is 75.3 Å². The number of piperidine rings is 1. The molecule has 1 heterocycles. The van der Waals surface area contributed by atoms with Crippen LogP contribution < -0.4 is 5.32 Å². The molecule has 1 N–H and O–H groups in total. The Kier molecular flexibility index (Phi) is 5.83. The summed E-state index contributed by atoms with van der Waals surface area (Å²) >= 11 is 0. The van der Waals surface area contributed by atoms with Crippen LogP contribution in [0.5, 0.6) is 0 Å². The van der Waals surface area contributed by atoms with Crippen LogP contribution in [0.3, 0.4) is 0 Å². The molecule has 1 fully saturated rings. The first-order chi connectivity index (χ1) is 10.1. The first-order valence-electron chi connectivity index (χ1n) is 8.54. The van der Waals surface area contributed by atoms with Crippen molar-refractivity contribution in [3.63, 3.8) is 0 Å². The lowest BCUT2D eigenvalue weighted by Crippen LogP contribution is -2.54. The third-order valence-electron chi connectivity index (χ3n) is 5.30. The minimum Gasteiger partial charge on any atom is -0.312 e. The van der Waals surface area contributed by atoms with Crippen LogP contribution in [0.1, 0.15) is 52.1 Å². The van der Waals surface area contributed by atoms with Gasteiger partial charge in [0.15, 0.2) is 0 Å². The molecule has 1 aliphatic rings. The summed E-state index contributed by atoms with van der Waals surface area (Å²) in [5.74, 6) is 1.43. The van der Waals surface area contributed by atoms with Crippen molar-refractivity contribution in [2.24, 2.45) is 11.8 Å². The number of hydrogen-bond acceptors (Lipinski definition) is 2. The third-order valence-corrected chi connectivity index (χ3v) is 5.30. The van der Waals surface area contributed by atoms with E-state index < -0.39 is 0 Å². The van der Waals surface area contributed by atoms with Gasteiger partial charge >= 0.3 is 0 Å². The molecule has 0 bridgehead atoms. The molecule has 1 aromatic rings. The highest BCUT2D eigenvalue weighted by atomic mass is 15.2. The Morgan fingerprint density at radius 3 is 2.38 bits per heavy atom. The summed E-state index contributed by atoms with van der Waals surface area (Å²) in [6.07, 6.45) is 2.71. The minimum atomic E-state index is 0.402. The molecule has 0 saturated carbocycles. The zero-order valence-electron chi connectivity index (χ0n) is 14.3. The lowest BCUT2D eigenvalue weighted by atomic mass is 9.84. The highest BCUT2D eigenvalue weighted by Crippen LogP contribution is 2.33. The van der Waals surface area contributed by atoms with E-state index in [9.17, 15) is 0 Å². The van der Waals surface area contributed by atoms with Gasteiger partial charge in [-0.1, -0.05) is 51.1 Å². The van der Waals surface area contributed by atoms with Crippen LogP contribution in [0.4, 0.5) is 0 Å². The van der Waals surface area contributed by atoms with Gasteiger partial charge in [0.2, 0.25) is 0 Å². The molecule has 4 unspecified atom stereocenters. The van der Waals surface area contributed by atoms with Crippen molar-refractivity contribution in [1.82, 2.24) is 10.2 Å². The van der Waals surface area contributed by atoms with E-state index in [0.29, 0.717) is 24.0 Å². The molecule has 0 aromatic heterocycles. The second kappa shape index (κ2) is 7.42. The number of nitrogens with zero attached hydrogens (tertiary/aromatic N) is 1. The molecule has 1 saturated heterocycles. The largest absolute Gasteiger partial charge is 0.312 e. The standard InChI is InChI=1S/C19H32N2/c1-14(2)19(21-13-9-10-15(3)16(21)4)18(20-5)17-11-7-6-8-12-17/h6-8,11-12,14-16,18-20H,9-10,13H2,1-5H3. The summed E-state index contributed by atoms with van der Waals surface area (Å²) < 4.78 is 0. The van der Waals surface area contributed by atoms with Gasteiger partial charge in [-0.15, -0.1) is 0 Å². The Bertz CT molecular complexity index is 415. The molecular formula is C19H32N2. The maximum atomic E-state index is 3.59. The van der Waals surface area contributed by atoms with Crippen LogP contribution in [0, 0.1) is 11.8 Å². The predicted octanol–water partition coefficient (Wildman–Crippen LogP) is 4.09. The van der Waals surface area contributed by atoms with E-state index in [0.717, 1.165) is 5.92 Å². The van der Waals surface area contributed by atoms with Gasteiger partial charge in [-0.05, 0) is 50.8 Å². The fourth-order valence-electron chi connectivity index (χ4n) is 3.94. The van der Waals surface area contributed by atoms with Gasteiger partial charge in [-0.2, -0.15) is 0 Å². The summed E-state index contributed by atoms with van der Waals surface area (Å²) in [4.78, 5) is 2.76. The summed E-state index contributed by atoms with van der Waals surface area (Å²) in [7, 11) is 2.10. The van der Waals surface area contributed by atoms with Gasteiger partial charge in [-0.25, -0.2) is 0 Å². The number of benzene rings is 1. The molecule has 2 heteroatoms. The highest BCUT2D eigenvalue weighted by molar-refractivity contribution is 5.21. The molecule has 0 radical (unpaired) electrons. The van der Waals surface area contributed by atoms with Gasteiger partial charge in [-0.3, -0.25) is 4.90 Å². The van der Waals surface area contributed by atoms with Crippen molar-refractivity contribution in [1.29, 1.82) is 0 Å². The normalized spacial score (nSPS) is 26.8. The van der Waals surface area contributed by atoms with Crippen molar-refractivity contribution in [3.05, 3.63) is 35.9 Å².